The molecule has 2 amide bonds. The van der Waals surface area contributed by atoms with Gasteiger partial charge in [0.1, 0.15) is 5.75 Å². The molecule has 5 nitrogen and oxygen atoms in total. The first kappa shape index (κ1) is 16.3. The number of amides is 2. The van der Waals surface area contributed by atoms with Crippen LogP contribution < -0.4 is 15.0 Å². The van der Waals surface area contributed by atoms with Crippen LogP contribution in [0.25, 0.3) is 0 Å². The first-order valence-corrected chi connectivity index (χ1v) is 7.95. The number of carbonyl (C=O) groups is 2. The Morgan fingerprint density at radius 2 is 1.83 bits per heavy atom. The molecule has 0 aromatic heterocycles. The SMILES string of the molecule is COc1ccc(NC(=O)[C@@H]2CC(=O)N(c3ccc(Cl)cc3)C2)cc1. The van der Waals surface area contributed by atoms with Gasteiger partial charge in [0, 0.05) is 29.4 Å². The summed E-state index contributed by atoms with van der Waals surface area (Å²) in [6, 6.07) is 14.1. The number of methoxy groups -OCH3 is 1. The number of anilines is 2. The van der Waals surface area contributed by atoms with Crippen LogP contribution in [0.1, 0.15) is 6.42 Å². The van der Waals surface area contributed by atoms with E-state index in [0.29, 0.717) is 17.3 Å². The highest BCUT2D eigenvalue weighted by molar-refractivity contribution is 6.30. The Bertz CT molecular complexity index is 744. The number of rotatable bonds is 4. The third kappa shape index (κ3) is 3.51. The Kier molecular flexibility index (Phi) is 4.71. The normalized spacial score (nSPS) is 17.0. The van der Waals surface area contributed by atoms with Crippen LogP contribution in [0.2, 0.25) is 5.02 Å². The lowest BCUT2D eigenvalue weighted by Crippen LogP contribution is -2.28. The molecule has 2 aromatic carbocycles. The summed E-state index contributed by atoms with van der Waals surface area (Å²) in [4.78, 5) is 26.2. The van der Waals surface area contributed by atoms with Gasteiger partial charge in [0.05, 0.1) is 13.0 Å². The van der Waals surface area contributed by atoms with E-state index in [-0.39, 0.29) is 24.2 Å². The van der Waals surface area contributed by atoms with Crippen molar-refractivity contribution >= 4 is 34.8 Å². The molecule has 1 atom stereocenters. The van der Waals surface area contributed by atoms with Gasteiger partial charge in [-0.3, -0.25) is 9.59 Å². The number of halogens is 1. The van der Waals surface area contributed by atoms with Crippen molar-refractivity contribution in [1.29, 1.82) is 0 Å². The number of hydrogen-bond acceptors (Lipinski definition) is 3. The van der Waals surface area contributed by atoms with Gasteiger partial charge in [-0.25, -0.2) is 0 Å². The standard InChI is InChI=1S/C18H17ClN2O3/c1-24-16-8-4-14(5-9-16)20-18(23)12-10-17(22)21(11-12)15-6-2-13(19)3-7-15/h2-9,12H,10-11H2,1H3,(H,20,23)/t12-/m1/s1. The smallest absolute Gasteiger partial charge is 0.229 e. The van der Waals surface area contributed by atoms with E-state index in [1.807, 2.05) is 0 Å². The lowest BCUT2D eigenvalue weighted by Gasteiger charge is -2.16. The largest absolute Gasteiger partial charge is 0.497 e. The zero-order valence-corrected chi connectivity index (χ0v) is 13.9. The number of ether oxygens (including phenoxy) is 1. The molecule has 2 aromatic rings. The molecule has 6 heteroatoms. The summed E-state index contributed by atoms with van der Waals surface area (Å²) < 4.78 is 5.09. The summed E-state index contributed by atoms with van der Waals surface area (Å²) in [5, 5.41) is 3.45. The highest BCUT2D eigenvalue weighted by atomic mass is 35.5. The van der Waals surface area contributed by atoms with E-state index >= 15 is 0 Å². The van der Waals surface area contributed by atoms with Crippen LogP contribution in [0.15, 0.2) is 48.5 Å². The maximum absolute atomic E-state index is 12.4. The summed E-state index contributed by atoms with van der Waals surface area (Å²) in [7, 11) is 1.59. The Morgan fingerprint density at radius 1 is 1.17 bits per heavy atom. The fourth-order valence-corrected chi connectivity index (χ4v) is 2.80. The van der Waals surface area contributed by atoms with E-state index in [1.54, 1.807) is 60.5 Å². The maximum Gasteiger partial charge on any atom is 0.229 e. The molecule has 1 aliphatic rings. The van der Waals surface area contributed by atoms with Crippen molar-refractivity contribution in [3.63, 3.8) is 0 Å². The molecular weight excluding hydrogens is 328 g/mol. The molecule has 0 bridgehead atoms. The van der Waals surface area contributed by atoms with Crippen molar-refractivity contribution in [1.82, 2.24) is 0 Å². The molecule has 1 heterocycles. The quantitative estimate of drug-likeness (QED) is 0.925. The minimum atomic E-state index is -0.379. The van der Waals surface area contributed by atoms with Gasteiger partial charge in [0.15, 0.2) is 0 Å². The van der Waals surface area contributed by atoms with Crippen LogP contribution in [-0.4, -0.2) is 25.5 Å². The molecule has 3 rings (SSSR count). The summed E-state index contributed by atoms with van der Waals surface area (Å²) >= 11 is 5.87. The van der Waals surface area contributed by atoms with E-state index in [1.165, 1.54) is 0 Å². The Labute approximate surface area is 145 Å². The third-order valence-electron chi connectivity index (χ3n) is 3.99. The fraction of sp³-hybridized carbons (Fsp3) is 0.222. The lowest BCUT2D eigenvalue weighted by atomic mass is 10.1. The Morgan fingerprint density at radius 3 is 2.46 bits per heavy atom. The Hall–Kier alpha value is -2.53. The molecule has 0 spiro atoms. The van der Waals surface area contributed by atoms with Gasteiger partial charge in [-0.15, -0.1) is 0 Å². The summed E-state index contributed by atoms with van der Waals surface area (Å²) in [5.41, 5.74) is 1.43. The van der Waals surface area contributed by atoms with E-state index in [2.05, 4.69) is 5.32 Å². The van der Waals surface area contributed by atoms with Crippen molar-refractivity contribution in [3.8, 4) is 5.75 Å². The van der Waals surface area contributed by atoms with Crippen molar-refractivity contribution in [3.05, 3.63) is 53.6 Å². The van der Waals surface area contributed by atoms with Gasteiger partial charge in [0.25, 0.3) is 0 Å². The van der Waals surface area contributed by atoms with Gasteiger partial charge in [0.2, 0.25) is 11.8 Å². The average molecular weight is 345 g/mol. The molecular formula is C18H17ClN2O3. The summed E-state index contributed by atoms with van der Waals surface area (Å²) in [6.07, 6.45) is 0.199. The number of nitrogens with one attached hydrogen (secondary N) is 1. The van der Waals surface area contributed by atoms with Crippen molar-refractivity contribution < 1.29 is 14.3 Å². The van der Waals surface area contributed by atoms with E-state index in [9.17, 15) is 9.59 Å². The molecule has 0 radical (unpaired) electrons. The predicted octanol–water partition coefficient (Wildman–Crippen LogP) is 3.34. The predicted molar refractivity (Wildman–Crippen MR) is 93.5 cm³/mol. The van der Waals surface area contributed by atoms with Crippen molar-refractivity contribution in [2.24, 2.45) is 5.92 Å². The zero-order valence-electron chi connectivity index (χ0n) is 13.2. The van der Waals surface area contributed by atoms with Gasteiger partial charge in [-0.2, -0.15) is 0 Å². The third-order valence-corrected chi connectivity index (χ3v) is 4.24. The maximum atomic E-state index is 12.4. The number of carbonyl (C=O) groups excluding carboxylic acids is 2. The second-order valence-corrected chi connectivity index (χ2v) is 6.04. The van der Waals surface area contributed by atoms with Crippen LogP contribution in [0, 0.1) is 5.92 Å². The fourth-order valence-electron chi connectivity index (χ4n) is 2.67. The van der Waals surface area contributed by atoms with Crippen LogP contribution in [-0.2, 0) is 9.59 Å². The lowest BCUT2D eigenvalue weighted by molar-refractivity contribution is -0.122. The highest BCUT2D eigenvalue weighted by Gasteiger charge is 2.35. The van der Waals surface area contributed by atoms with Crippen molar-refractivity contribution in [2.45, 2.75) is 6.42 Å². The van der Waals surface area contributed by atoms with Gasteiger partial charge in [-0.1, -0.05) is 11.6 Å². The minimum absolute atomic E-state index is 0.0628. The van der Waals surface area contributed by atoms with E-state index in [4.69, 9.17) is 16.3 Å². The monoisotopic (exact) mass is 344 g/mol. The number of benzene rings is 2. The average Bonchev–Trinajstić information content (AvgIpc) is 2.98. The summed E-state index contributed by atoms with van der Waals surface area (Å²) in [6.45, 7) is 0.364. The van der Waals surface area contributed by atoms with Gasteiger partial charge >= 0.3 is 0 Å². The molecule has 1 fully saturated rings. The summed E-state index contributed by atoms with van der Waals surface area (Å²) in [5.74, 6) is 0.116. The topological polar surface area (TPSA) is 58.6 Å². The first-order chi connectivity index (χ1) is 11.6. The van der Waals surface area contributed by atoms with Crippen LogP contribution in [0.4, 0.5) is 11.4 Å². The molecule has 1 N–H and O–H groups in total. The second-order valence-electron chi connectivity index (χ2n) is 5.60. The molecule has 0 aliphatic carbocycles. The minimum Gasteiger partial charge on any atom is -0.497 e. The van der Waals surface area contributed by atoms with Crippen LogP contribution in [0.3, 0.4) is 0 Å². The Balaban J connectivity index is 1.66. The highest BCUT2D eigenvalue weighted by Crippen LogP contribution is 2.27. The van der Waals surface area contributed by atoms with Gasteiger partial charge < -0.3 is 15.0 Å². The number of nitrogens with zero attached hydrogens (tertiary/aromatic N) is 1. The van der Waals surface area contributed by atoms with E-state index in [0.717, 1.165) is 11.4 Å². The molecule has 0 unspecified atom stereocenters. The number of hydrogen-bond donors (Lipinski definition) is 1. The van der Waals surface area contributed by atoms with Crippen LogP contribution in [0.5, 0.6) is 5.75 Å². The van der Waals surface area contributed by atoms with Crippen molar-refractivity contribution in [2.75, 3.05) is 23.9 Å². The second kappa shape index (κ2) is 6.93. The van der Waals surface area contributed by atoms with E-state index < -0.39 is 0 Å². The molecule has 1 saturated heterocycles. The molecule has 1 aliphatic heterocycles. The molecule has 24 heavy (non-hydrogen) atoms. The first-order valence-electron chi connectivity index (χ1n) is 7.57. The zero-order chi connectivity index (χ0) is 17.1. The molecule has 124 valence electrons. The van der Waals surface area contributed by atoms with Crippen LogP contribution >= 0.6 is 11.6 Å². The van der Waals surface area contributed by atoms with Gasteiger partial charge in [-0.05, 0) is 48.5 Å². The molecule has 0 saturated carbocycles.